The Morgan fingerprint density at radius 3 is 2.44 bits per heavy atom. The lowest BCUT2D eigenvalue weighted by molar-refractivity contribution is -0.119. The number of para-hydroxylation sites is 1. The summed E-state index contributed by atoms with van der Waals surface area (Å²) >= 11 is 1.48. The highest BCUT2D eigenvalue weighted by molar-refractivity contribution is 7.13. The second-order valence-electron chi connectivity index (χ2n) is 7.21. The number of nitrogens with one attached hydrogen (secondary N) is 1. The molecule has 2 aromatic heterocycles. The van der Waals surface area contributed by atoms with Crippen molar-refractivity contribution in [1.82, 2.24) is 9.78 Å². The third kappa shape index (κ3) is 4.87. The molecular weight excluding hydrogens is 424 g/mol. The molecule has 0 unspecified atom stereocenters. The molecule has 0 aliphatic rings. The van der Waals surface area contributed by atoms with Gasteiger partial charge in [-0.25, -0.2) is 9.48 Å². The van der Waals surface area contributed by atoms with Crippen LogP contribution in [0.5, 0.6) is 0 Å². The monoisotopic (exact) mass is 446 g/mol. The highest BCUT2D eigenvalue weighted by Gasteiger charge is 2.21. The first-order valence-corrected chi connectivity index (χ1v) is 10.8. The fraction of sp³-hybridized carbons (Fsp3) is 0.125. The summed E-state index contributed by atoms with van der Waals surface area (Å²) in [5, 5.41) is 9.24. The molecule has 0 saturated carbocycles. The van der Waals surface area contributed by atoms with Crippen molar-refractivity contribution in [2.75, 3.05) is 30.9 Å². The van der Waals surface area contributed by atoms with E-state index in [1.807, 2.05) is 79.0 Å². The van der Waals surface area contributed by atoms with Gasteiger partial charge in [-0.1, -0.05) is 24.3 Å². The van der Waals surface area contributed by atoms with Crippen LogP contribution in [-0.4, -0.2) is 42.4 Å². The summed E-state index contributed by atoms with van der Waals surface area (Å²) in [6.45, 7) is -0.394. The molecule has 4 rings (SSSR count). The first-order chi connectivity index (χ1) is 15.5. The zero-order valence-electron chi connectivity index (χ0n) is 17.7. The average Bonchev–Trinajstić information content (AvgIpc) is 3.48. The number of carbonyl (C=O) groups excluding carboxylic acids is 2. The Labute approximate surface area is 189 Å². The second-order valence-corrected chi connectivity index (χ2v) is 8.16. The van der Waals surface area contributed by atoms with Gasteiger partial charge in [0.05, 0.1) is 10.6 Å². The van der Waals surface area contributed by atoms with Crippen LogP contribution < -0.4 is 10.2 Å². The quantitative estimate of drug-likeness (QED) is 0.424. The third-order valence-electron chi connectivity index (χ3n) is 4.71. The van der Waals surface area contributed by atoms with E-state index in [0.717, 1.165) is 16.3 Å². The first kappa shape index (κ1) is 21.3. The number of ether oxygens (including phenoxy) is 1. The Morgan fingerprint density at radius 1 is 1.03 bits per heavy atom. The molecule has 0 aliphatic carbocycles. The van der Waals surface area contributed by atoms with E-state index in [1.165, 1.54) is 11.3 Å². The molecule has 0 fully saturated rings. The zero-order valence-corrected chi connectivity index (χ0v) is 18.5. The highest BCUT2D eigenvalue weighted by Crippen LogP contribution is 2.28. The van der Waals surface area contributed by atoms with E-state index in [9.17, 15) is 9.59 Å². The van der Waals surface area contributed by atoms with Crippen molar-refractivity contribution in [3.63, 3.8) is 0 Å². The molecule has 162 valence electrons. The fourth-order valence-corrected chi connectivity index (χ4v) is 3.80. The van der Waals surface area contributed by atoms with Crippen molar-refractivity contribution in [2.45, 2.75) is 0 Å². The minimum atomic E-state index is -0.603. The Morgan fingerprint density at radius 2 is 1.78 bits per heavy atom. The van der Waals surface area contributed by atoms with Gasteiger partial charge in [-0.05, 0) is 47.8 Å². The summed E-state index contributed by atoms with van der Waals surface area (Å²) in [6.07, 6.45) is 1.63. The van der Waals surface area contributed by atoms with Gasteiger partial charge in [0, 0.05) is 31.7 Å². The SMILES string of the molecule is CN(C)c1ccc(NC(=O)COC(=O)c2cn(-c3ccccc3)nc2-c2cccs2)cc1. The highest BCUT2D eigenvalue weighted by atomic mass is 32.1. The topological polar surface area (TPSA) is 76.5 Å². The van der Waals surface area contributed by atoms with Crippen molar-refractivity contribution >= 4 is 34.6 Å². The molecule has 2 aromatic carbocycles. The molecule has 0 saturated heterocycles. The van der Waals surface area contributed by atoms with Crippen LogP contribution in [0, 0.1) is 0 Å². The smallest absolute Gasteiger partial charge is 0.342 e. The van der Waals surface area contributed by atoms with Crippen molar-refractivity contribution < 1.29 is 14.3 Å². The zero-order chi connectivity index (χ0) is 22.5. The van der Waals surface area contributed by atoms with E-state index in [4.69, 9.17) is 4.74 Å². The van der Waals surface area contributed by atoms with Gasteiger partial charge in [-0.2, -0.15) is 5.10 Å². The number of carbonyl (C=O) groups is 2. The fourth-order valence-electron chi connectivity index (χ4n) is 3.08. The molecule has 0 bridgehead atoms. The maximum Gasteiger partial charge on any atom is 0.342 e. The van der Waals surface area contributed by atoms with Crippen LogP contribution in [0.15, 0.2) is 78.3 Å². The first-order valence-electron chi connectivity index (χ1n) is 9.94. The maximum atomic E-state index is 12.8. The summed E-state index contributed by atoms with van der Waals surface area (Å²) in [6, 6.07) is 20.7. The van der Waals surface area contributed by atoms with Gasteiger partial charge in [0.2, 0.25) is 0 Å². The van der Waals surface area contributed by atoms with Crippen molar-refractivity contribution in [3.8, 4) is 16.3 Å². The number of thiophene rings is 1. The third-order valence-corrected chi connectivity index (χ3v) is 5.59. The van der Waals surface area contributed by atoms with Crippen molar-refractivity contribution in [1.29, 1.82) is 0 Å². The van der Waals surface area contributed by atoms with Crippen LogP contribution in [0.2, 0.25) is 0 Å². The van der Waals surface area contributed by atoms with Gasteiger partial charge in [0.15, 0.2) is 6.61 Å². The summed E-state index contributed by atoms with van der Waals surface area (Å²) in [4.78, 5) is 27.9. The molecule has 0 radical (unpaired) electrons. The molecule has 32 heavy (non-hydrogen) atoms. The van der Waals surface area contributed by atoms with Gasteiger partial charge < -0.3 is 15.0 Å². The lowest BCUT2D eigenvalue weighted by atomic mass is 10.2. The molecule has 7 nitrogen and oxygen atoms in total. The van der Waals surface area contributed by atoms with Gasteiger partial charge in [0.25, 0.3) is 5.91 Å². The Balaban J connectivity index is 1.46. The molecule has 2 heterocycles. The standard InChI is InChI=1S/C24H22N4O3S/c1-27(2)18-12-10-17(11-13-18)25-22(29)16-31-24(30)20-15-28(19-7-4-3-5-8-19)26-23(20)21-9-6-14-32-21/h3-15H,16H2,1-2H3,(H,25,29). The number of rotatable bonds is 7. The Kier molecular flexibility index (Phi) is 6.32. The number of hydrogen-bond acceptors (Lipinski definition) is 6. The summed E-state index contributed by atoms with van der Waals surface area (Å²) < 4.78 is 6.94. The summed E-state index contributed by atoms with van der Waals surface area (Å²) in [5.74, 6) is -1.02. The summed E-state index contributed by atoms with van der Waals surface area (Å²) in [7, 11) is 3.88. The number of esters is 1. The Bertz CT molecular complexity index is 1200. The Hall–Kier alpha value is -3.91. The molecule has 0 atom stereocenters. The predicted octanol–water partition coefficient (Wildman–Crippen LogP) is 4.46. The largest absolute Gasteiger partial charge is 0.452 e. The van der Waals surface area contributed by atoms with E-state index in [0.29, 0.717) is 16.9 Å². The van der Waals surface area contributed by atoms with Crippen molar-refractivity contribution in [2.24, 2.45) is 0 Å². The van der Waals surface area contributed by atoms with Crippen LogP contribution in [0.25, 0.3) is 16.3 Å². The van der Waals surface area contributed by atoms with Gasteiger partial charge in [0.1, 0.15) is 11.3 Å². The van der Waals surface area contributed by atoms with Gasteiger partial charge in [-0.15, -0.1) is 11.3 Å². The number of aromatic nitrogens is 2. The summed E-state index contributed by atoms with van der Waals surface area (Å²) in [5.41, 5.74) is 3.30. The number of anilines is 2. The number of nitrogens with zero attached hydrogens (tertiary/aromatic N) is 3. The van der Waals surface area contributed by atoms with Crippen LogP contribution >= 0.6 is 11.3 Å². The van der Waals surface area contributed by atoms with E-state index in [2.05, 4.69) is 10.4 Å². The number of amides is 1. The van der Waals surface area contributed by atoms with Crippen LogP contribution in [0.4, 0.5) is 11.4 Å². The molecule has 8 heteroatoms. The lowest BCUT2D eigenvalue weighted by Crippen LogP contribution is -2.21. The normalized spacial score (nSPS) is 10.6. The minimum Gasteiger partial charge on any atom is -0.452 e. The molecule has 1 amide bonds. The van der Waals surface area contributed by atoms with Gasteiger partial charge in [-0.3, -0.25) is 4.79 Å². The van der Waals surface area contributed by atoms with Gasteiger partial charge >= 0.3 is 5.97 Å². The van der Waals surface area contributed by atoms with Crippen LogP contribution in [-0.2, 0) is 9.53 Å². The predicted molar refractivity (Wildman–Crippen MR) is 127 cm³/mol. The van der Waals surface area contributed by atoms with E-state index < -0.39 is 18.5 Å². The average molecular weight is 447 g/mol. The molecule has 0 spiro atoms. The molecular formula is C24H22N4O3S. The van der Waals surface area contributed by atoms with E-state index >= 15 is 0 Å². The lowest BCUT2D eigenvalue weighted by Gasteiger charge is -2.13. The second kappa shape index (κ2) is 9.49. The molecule has 0 aliphatic heterocycles. The number of hydrogen-bond donors (Lipinski definition) is 1. The van der Waals surface area contributed by atoms with Crippen LogP contribution in [0.1, 0.15) is 10.4 Å². The maximum absolute atomic E-state index is 12.8. The van der Waals surface area contributed by atoms with Crippen molar-refractivity contribution in [3.05, 3.63) is 83.9 Å². The van der Waals surface area contributed by atoms with Crippen LogP contribution in [0.3, 0.4) is 0 Å². The molecule has 1 N–H and O–H groups in total. The van der Waals surface area contributed by atoms with E-state index in [-0.39, 0.29) is 0 Å². The minimum absolute atomic E-state index is 0.305. The molecule has 4 aromatic rings. The van der Waals surface area contributed by atoms with E-state index in [1.54, 1.807) is 23.0 Å². The number of benzene rings is 2.